The van der Waals surface area contributed by atoms with Gasteiger partial charge in [-0.1, -0.05) is 48.0 Å². The molecular weight excluding hydrogens is 440 g/mol. The van der Waals surface area contributed by atoms with Crippen molar-refractivity contribution in [3.63, 3.8) is 0 Å². The lowest BCUT2D eigenvalue weighted by Crippen LogP contribution is -2.64. The van der Waals surface area contributed by atoms with E-state index in [1.165, 1.54) is 11.1 Å². The molecule has 0 spiro atoms. The SMILES string of the molecule is CC(C)(C)OC(=O)N[C@@H]1CC[C@@H](Oc2ccccc2Cl)[C@H](O)[C@H]1N1CCc2ccccc2C1. The molecule has 2 aliphatic rings. The number of nitrogens with one attached hydrogen (secondary N) is 1. The number of halogens is 1. The Bertz CT molecular complexity index is 977. The van der Waals surface area contributed by atoms with E-state index in [9.17, 15) is 9.90 Å². The number of nitrogens with zero attached hydrogens (tertiary/aromatic N) is 1. The second kappa shape index (κ2) is 9.92. The lowest BCUT2D eigenvalue weighted by atomic mass is 9.83. The van der Waals surface area contributed by atoms with Gasteiger partial charge in [-0.05, 0) is 63.3 Å². The number of amides is 1. The van der Waals surface area contributed by atoms with Crippen LogP contribution in [0, 0.1) is 0 Å². The van der Waals surface area contributed by atoms with Crippen LogP contribution in [0.1, 0.15) is 44.7 Å². The Hall–Kier alpha value is -2.28. The molecular formula is C26H33ClN2O4. The summed E-state index contributed by atoms with van der Waals surface area (Å²) in [5, 5.41) is 15.0. The van der Waals surface area contributed by atoms with Crippen LogP contribution >= 0.6 is 11.6 Å². The van der Waals surface area contributed by atoms with Crippen molar-refractivity contribution in [1.29, 1.82) is 0 Å². The molecule has 0 unspecified atom stereocenters. The van der Waals surface area contributed by atoms with Gasteiger partial charge in [0.2, 0.25) is 0 Å². The van der Waals surface area contributed by atoms with Gasteiger partial charge in [0, 0.05) is 13.1 Å². The molecule has 1 fully saturated rings. The molecule has 1 heterocycles. The van der Waals surface area contributed by atoms with E-state index >= 15 is 0 Å². The van der Waals surface area contributed by atoms with Crippen LogP contribution in [0.2, 0.25) is 5.02 Å². The Kier molecular flexibility index (Phi) is 7.17. The minimum absolute atomic E-state index is 0.258. The summed E-state index contributed by atoms with van der Waals surface area (Å²) in [4.78, 5) is 14.9. The average Bonchev–Trinajstić information content (AvgIpc) is 2.75. The zero-order valence-electron chi connectivity index (χ0n) is 19.5. The summed E-state index contributed by atoms with van der Waals surface area (Å²) in [5.41, 5.74) is 1.99. The number of aliphatic hydroxyl groups excluding tert-OH is 1. The van der Waals surface area contributed by atoms with Crippen LogP contribution in [0.4, 0.5) is 4.79 Å². The third-order valence-electron chi connectivity index (χ3n) is 6.30. The minimum Gasteiger partial charge on any atom is -0.486 e. The molecule has 1 amide bonds. The van der Waals surface area contributed by atoms with Crippen molar-refractivity contribution in [3.05, 3.63) is 64.7 Å². The fourth-order valence-electron chi connectivity index (χ4n) is 4.83. The molecule has 4 atom stereocenters. The third-order valence-corrected chi connectivity index (χ3v) is 6.62. The summed E-state index contributed by atoms with van der Waals surface area (Å²) in [6.07, 6.45) is 0.452. The van der Waals surface area contributed by atoms with Crippen molar-refractivity contribution >= 4 is 17.7 Å². The number of fused-ring (bicyclic) bond motifs is 1. The van der Waals surface area contributed by atoms with Gasteiger partial charge < -0.3 is 19.9 Å². The van der Waals surface area contributed by atoms with Crippen molar-refractivity contribution in [2.75, 3.05) is 6.54 Å². The molecule has 6 nitrogen and oxygen atoms in total. The number of hydrogen-bond donors (Lipinski definition) is 2. The van der Waals surface area contributed by atoms with E-state index in [0.717, 1.165) is 13.0 Å². The molecule has 7 heteroatoms. The van der Waals surface area contributed by atoms with Crippen molar-refractivity contribution in [2.45, 2.75) is 76.5 Å². The Morgan fingerprint density at radius 2 is 1.79 bits per heavy atom. The van der Waals surface area contributed by atoms with Gasteiger partial charge in [0.05, 0.1) is 17.1 Å². The molecule has 1 aliphatic heterocycles. The second-order valence-corrected chi connectivity index (χ2v) is 10.3. The molecule has 4 rings (SSSR count). The van der Waals surface area contributed by atoms with Gasteiger partial charge in [0.1, 0.15) is 23.6 Å². The molecule has 2 aromatic rings. The summed E-state index contributed by atoms with van der Waals surface area (Å²) in [6.45, 7) is 7.03. The monoisotopic (exact) mass is 472 g/mol. The quantitative estimate of drug-likeness (QED) is 0.682. The maximum absolute atomic E-state index is 12.6. The predicted molar refractivity (Wildman–Crippen MR) is 129 cm³/mol. The summed E-state index contributed by atoms with van der Waals surface area (Å²) in [6, 6.07) is 15.1. The summed E-state index contributed by atoms with van der Waals surface area (Å²) >= 11 is 6.30. The van der Waals surface area contributed by atoms with Crippen LogP contribution in [0.3, 0.4) is 0 Å². The van der Waals surface area contributed by atoms with E-state index in [1.54, 1.807) is 6.07 Å². The number of ether oxygens (including phenoxy) is 2. The van der Waals surface area contributed by atoms with Gasteiger partial charge in [0.15, 0.2) is 0 Å². The first-order chi connectivity index (χ1) is 15.7. The van der Waals surface area contributed by atoms with Gasteiger partial charge in [-0.15, -0.1) is 0 Å². The van der Waals surface area contributed by atoms with Gasteiger partial charge in [-0.25, -0.2) is 4.79 Å². The molecule has 2 N–H and O–H groups in total. The zero-order chi connectivity index (χ0) is 23.6. The maximum atomic E-state index is 12.6. The van der Waals surface area contributed by atoms with Crippen molar-refractivity contribution in [2.24, 2.45) is 0 Å². The van der Waals surface area contributed by atoms with Crippen molar-refractivity contribution in [1.82, 2.24) is 10.2 Å². The Balaban J connectivity index is 1.56. The first-order valence-corrected chi connectivity index (χ1v) is 12.0. The van der Waals surface area contributed by atoms with Crippen molar-refractivity contribution in [3.8, 4) is 5.75 Å². The fraction of sp³-hybridized carbons (Fsp3) is 0.500. The van der Waals surface area contributed by atoms with E-state index in [1.807, 2.05) is 45.0 Å². The van der Waals surface area contributed by atoms with Gasteiger partial charge in [0.25, 0.3) is 0 Å². The summed E-state index contributed by atoms with van der Waals surface area (Å²) in [7, 11) is 0. The molecule has 178 valence electrons. The van der Waals surface area contributed by atoms with Gasteiger partial charge in [-0.3, -0.25) is 4.90 Å². The lowest BCUT2D eigenvalue weighted by Gasteiger charge is -2.47. The van der Waals surface area contributed by atoms with Crippen LogP contribution in [0.15, 0.2) is 48.5 Å². The first kappa shape index (κ1) is 23.9. The number of rotatable bonds is 4. The average molecular weight is 473 g/mol. The third kappa shape index (κ3) is 5.81. The largest absolute Gasteiger partial charge is 0.486 e. The van der Waals surface area contributed by atoms with Gasteiger partial charge in [-0.2, -0.15) is 0 Å². The molecule has 0 radical (unpaired) electrons. The molecule has 0 aromatic heterocycles. The van der Waals surface area contributed by atoms with Crippen LogP contribution < -0.4 is 10.1 Å². The van der Waals surface area contributed by atoms with E-state index in [4.69, 9.17) is 21.1 Å². The second-order valence-electron chi connectivity index (χ2n) is 9.89. The highest BCUT2D eigenvalue weighted by Gasteiger charge is 2.44. The Morgan fingerprint density at radius 3 is 2.52 bits per heavy atom. The number of alkyl carbamates (subject to hydrolysis) is 1. The molecule has 0 saturated heterocycles. The highest BCUT2D eigenvalue weighted by Crippen LogP contribution is 2.33. The van der Waals surface area contributed by atoms with E-state index < -0.39 is 23.9 Å². The number of carbonyl (C=O) groups is 1. The molecule has 2 aromatic carbocycles. The lowest BCUT2D eigenvalue weighted by molar-refractivity contribution is -0.0709. The van der Waals surface area contributed by atoms with Crippen LogP contribution in [0.5, 0.6) is 5.75 Å². The van der Waals surface area contributed by atoms with Crippen molar-refractivity contribution < 1.29 is 19.4 Å². The zero-order valence-corrected chi connectivity index (χ0v) is 20.2. The number of para-hydroxylation sites is 1. The van der Waals surface area contributed by atoms with Crippen LogP contribution in [0.25, 0.3) is 0 Å². The highest BCUT2D eigenvalue weighted by atomic mass is 35.5. The first-order valence-electron chi connectivity index (χ1n) is 11.6. The van der Waals surface area contributed by atoms with Gasteiger partial charge >= 0.3 is 6.09 Å². The number of benzene rings is 2. The summed E-state index contributed by atoms with van der Waals surface area (Å²) in [5.74, 6) is 0.560. The standard InChI is InChI=1S/C26H33ClN2O4/c1-26(2,3)33-25(31)28-20-12-13-22(32-21-11-7-6-10-19(21)27)24(30)23(20)29-15-14-17-8-4-5-9-18(17)16-29/h4-11,20,22-24,30H,12-16H2,1-3H3,(H,28,31)/t20-,22-,23+,24+/m1/s1. The molecule has 1 aliphatic carbocycles. The summed E-state index contributed by atoms with van der Waals surface area (Å²) < 4.78 is 11.7. The number of hydrogen-bond acceptors (Lipinski definition) is 5. The van der Waals surface area contributed by atoms with E-state index in [-0.39, 0.29) is 12.1 Å². The fourth-order valence-corrected chi connectivity index (χ4v) is 5.01. The number of carbonyl (C=O) groups excluding carboxylic acids is 1. The van der Waals surface area contributed by atoms with Crippen LogP contribution in [-0.2, 0) is 17.7 Å². The Morgan fingerprint density at radius 1 is 1.09 bits per heavy atom. The normalized spacial score (nSPS) is 25.7. The minimum atomic E-state index is -0.805. The number of aliphatic hydroxyl groups is 1. The van der Waals surface area contributed by atoms with Crippen LogP contribution in [-0.4, -0.2) is 52.5 Å². The smallest absolute Gasteiger partial charge is 0.407 e. The molecule has 1 saturated carbocycles. The Labute approximate surface area is 200 Å². The van der Waals surface area contributed by atoms with E-state index in [2.05, 4.69) is 28.4 Å². The molecule has 33 heavy (non-hydrogen) atoms. The predicted octanol–water partition coefficient (Wildman–Crippen LogP) is 4.56. The van der Waals surface area contributed by atoms with E-state index in [0.29, 0.717) is 30.2 Å². The highest BCUT2D eigenvalue weighted by molar-refractivity contribution is 6.32. The molecule has 0 bridgehead atoms. The maximum Gasteiger partial charge on any atom is 0.407 e. The topological polar surface area (TPSA) is 71.0 Å².